The lowest BCUT2D eigenvalue weighted by Crippen LogP contribution is -2.28. The quantitative estimate of drug-likeness (QED) is 0.322. The molecule has 9 heavy (non-hydrogen) atoms. The van der Waals surface area contributed by atoms with Crippen LogP contribution in [0, 0.1) is 10.1 Å². The minimum atomic E-state index is -0.472. The van der Waals surface area contributed by atoms with Gasteiger partial charge >= 0.3 is 5.82 Å². The highest BCUT2D eigenvalue weighted by Crippen LogP contribution is 1.99. The predicted octanol–water partition coefficient (Wildman–Crippen LogP) is -0.253. The van der Waals surface area contributed by atoms with Crippen LogP contribution in [0.1, 0.15) is 0 Å². The summed E-state index contributed by atoms with van der Waals surface area (Å²) in [6, 6.07) is 1.40. The summed E-state index contributed by atoms with van der Waals surface area (Å²) in [4.78, 5) is 9.50. The number of nitro groups is 1. The fraction of sp³-hybridized carbons (Fsp3) is 0.250. The molecule has 48 valence electrons. The van der Waals surface area contributed by atoms with Crippen LogP contribution in [0.15, 0.2) is 12.3 Å². The number of rotatable bonds is 1. The summed E-state index contributed by atoms with van der Waals surface area (Å²) in [7, 11) is 1.69. The Morgan fingerprint density at radius 2 is 2.56 bits per heavy atom. The third-order valence-corrected chi connectivity index (χ3v) is 0.944. The molecule has 0 radical (unpaired) electrons. The van der Waals surface area contributed by atoms with E-state index in [-0.39, 0.29) is 5.82 Å². The van der Waals surface area contributed by atoms with Crippen LogP contribution in [-0.2, 0) is 7.05 Å². The van der Waals surface area contributed by atoms with E-state index in [1.807, 2.05) is 0 Å². The van der Waals surface area contributed by atoms with Gasteiger partial charge in [0.2, 0.25) is 6.20 Å². The number of nitrogens with one attached hydrogen (secondary N) is 1. The van der Waals surface area contributed by atoms with Crippen LogP contribution in [0.2, 0.25) is 0 Å². The molecule has 0 aliphatic heterocycles. The summed E-state index contributed by atoms with van der Waals surface area (Å²) >= 11 is 0. The average Bonchev–Trinajstić information content (AvgIpc) is 2.14. The molecule has 5 nitrogen and oxygen atoms in total. The summed E-state index contributed by atoms with van der Waals surface area (Å²) in [6.07, 6.45) is 1.58. The fourth-order valence-corrected chi connectivity index (χ4v) is 0.539. The fourth-order valence-electron chi connectivity index (χ4n) is 0.539. The van der Waals surface area contributed by atoms with E-state index in [4.69, 9.17) is 0 Å². The molecule has 0 spiro atoms. The van der Waals surface area contributed by atoms with E-state index < -0.39 is 4.92 Å². The van der Waals surface area contributed by atoms with Crippen LogP contribution >= 0.6 is 0 Å². The van der Waals surface area contributed by atoms with E-state index in [2.05, 4.69) is 5.10 Å². The first-order valence-corrected chi connectivity index (χ1v) is 2.39. The molecular formula is C4H6N3O2+. The molecule has 0 aromatic carbocycles. The monoisotopic (exact) mass is 128 g/mol. The molecule has 1 heterocycles. The molecule has 1 N–H and O–H groups in total. The second-order valence-corrected chi connectivity index (χ2v) is 1.68. The molecule has 1 rings (SSSR count). The van der Waals surface area contributed by atoms with Crippen LogP contribution in [0.25, 0.3) is 0 Å². The molecule has 0 fully saturated rings. The third kappa shape index (κ3) is 1.04. The zero-order valence-electron chi connectivity index (χ0n) is 4.87. The van der Waals surface area contributed by atoms with E-state index in [1.54, 1.807) is 13.2 Å². The van der Waals surface area contributed by atoms with Gasteiger partial charge in [0.05, 0.1) is 0 Å². The number of aryl methyl sites for hydroxylation is 1. The van der Waals surface area contributed by atoms with Crippen LogP contribution < -0.4 is 4.68 Å². The zero-order chi connectivity index (χ0) is 6.85. The van der Waals surface area contributed by atoms with Gasteiger partial charge in [-0.1, -0.05) is 0 Å². The van der Waals surface area contributed by atoms with Gasteiger partial charge in [-0.2, -0.15) is 0 Å². The summed E-state index contributed by atoms with van der Waals surface area (Å²) in [5.74, 6) is 0.0116. The van der Waals surface area contributed by atoms with Gasteiger partial charge in [0.15, 0.2) is 7.05 Å². The first-order valence-electron chi connectivity index (χ1n) is 2.39. The van der Waals surface area contributed by atoms with Crippen LogP contribution in [-0.4, -0.2) is 10.0 Å². The first kappa shape index (κ1) is 5.74. The van der Waals surface area contributed by atoms with E-state index in [0.29, 0.717) is 0 Å². The first-order chi connectivity index (χ1) is 4.20. The molecule has 0 aliphatic rings. The molecule has 0 atom stereocenters. The van der Waals surface area contributed by atoms with Crippen molar-refractivity contribution in [3.05, 3.63) is 22.4 Å². The lowest BCUT2D eigenvalue weighted by atomic mass is 10.7. The number of hydrogen-bond acceptors (Lipinski definition) is 2. The predicted molar refractivity (Wildman–Crippen MR) is 28.6 cm³/mol. The van der Waals surface area contributed by atoms with Crippen LogP contribution in [0.4, 0.5) is 5.82 Å². The second-order valence-electron chi connectivity index (χ2n) is 1.68. The number of hydrogen-bond donors (Lipinski definition) is 1. The van der Waals surface area contributed by atoms with Gasteiger partial charge in [-0.15, -0.1) is 0 Å². The van der Waals surface area contributed by atoms with Crippen molar-refractivity contribution in [1.82, 2.24) is 5.10 Å². The number of aromatic amines is 1. The van der Waals surface area contributed by atoms with Crippen molar-refractivity contribution in [3.8, 4) is 0 Å². The third-order valence-electron chi connectivity index (χ3n) is 0.944. The van der Waals surface area contributed by atoms with Gasteiger partial charge in [-0.3, -0.25) is 0 Å². The van der Waals surface area contributed by atoms with E-state index in [1.165, 1.54) is 10.7 Å². The molecule has 0 saturated carbocycles. The highest BCUT2D eigenvalue weighted by Gasteiger charge is 2.08. The van der Waals surface area contributed by atoms with Gasteiger partial charge in [-0.25, -0.2) is 0 Å². The molecule has 0 bridgehead atoms. The van der Waals surface area contributed by atoms with Crippen molar-refractivity contribution in [2.45, 2.75) is 0 Å². The van der Waals surface area contributed by atoms with Crippen molar-refractivity contribution in [2.75, 3.05) is 0 Å². The Balaban J connectivity index is 2.98. The van der Waals surface area contributed by atoms with Crippen molar-refractivity contribution >= 4 is 5.82 Å². The maximum Gasteiger partial charge on any atom is 0.379 e. The molecule has 5 heteroatoms. The Morgan fingerprint density at radius 3 is 2.78 bits per heavy atom. The number of aromatic nitrogens is 2. The second kappa shape index (κ2) is 1.85. The maximum atomic E-state index is 9.98. The topological polar surface area (TPSA) is 62.8 Å². The highest BCUT2D eigenvalue weighted by molar-refractivity contribution is 5.10. The van der Waals surface area contributed by atoms with Gasteiger partial charge in [-0.05, 0) is 14.7 Å². The van der Waals surface area contributed by atoms with Gasteiger partial charge in [0.25, 0.3) is 0 Å². The van der Waals surface area contributed by atoms with Crippen molar-refractivity contribution in [3.63, 3.8) is 0 Å². The Morgan fingerprint density at radius 1 is 1.89 bits per heavy atom. The molecule has 0 aliphatic carbocycles. The van der Waals surface area contributed by atoms with Crippen molar-refractivity contribution < 1.29 is 9.61 Å². The van der Waals surface area contributed by atoms with E-state index >= 15 is 0 Å². The maximum absolute atomic E-state index is 9.98. The minimum absolute atomic E-state index is 0.0116. The minimum Gasteiger partial charge on any atom is -0.358 e. The van der Waals surface area contributed by atoms with Crippen molar-refractivity contribution in [1.29, 1.82) is 0 Å². The highest BCUT2D eigenvalue weighted by atomic mass is 16.6. The lowest BCUT2D eigenvalue weighted by Gasteiger charge is -1.81. The molecule has 0 amide bonds. The molecule has 1 aromatic heterocycles. The number of H-pyrrole nitrogens is 1. The Hall–Kier alpha value is -1.39. The molecule has 0 saturated heterocycles. The largest absolute Gasteiger partial charge is 0.379 e. The van der Waals surface area contributed by atoms with Gasteiger partial charge < -0.3 is 10.1 Å². The van der Waals surface area contributed by atoms with Crippen LogP contribution in [0.3, 0.4) is 0 Å². The summed E-state index contributed by atoms with van der Waals surface area (Å²) in [6.45, 7) is 0. The van der Waals surface area contributed by atoms with Gasteiger partial charge in [0.1, 0.15) is 6.07 Å². The van der Waals surface area contributed by atoms with E-state index in [9.17, 15) is 10.1 Å². The Labute approximate surface area is 51.1 Å². The summed E-state index contributed by atoms with van der Waals surface area (Å²) in [5.41, 5.74) is 0. The van der Waals surface area contributed by atoms with Crippen molar-refractivity contribution in [2.24, 2.45) is 7.05 Å². The Bertz CT molecular complexity index is 229. The van der Waals surface area contributed by atoms with Crippen LogP contribution in [0.5, 0.6) is 0 Å². The average molecular weight is 128 g/mol. The molecule has 1 aromatic rings. The SMILES string of the molecule is C[n+]1ccc([N+](=O)[O-])[nH]1. The molecular weight excluding hydrogens is 122 g/mol. The van der Waals surface area contributed by atoms with Gasteiger partial charge in [0, 0.05) is 0 Å². The van der Waals surface area contributed by atoms with E-state index in [0.717, 1.165) is 0 Å². The summed E-state index contributed by atoms with van der Waals surface area (Å²) < 4.78 is 1.51. The standard InChI is InChI=1S/C4H5N3O2/c1-6-3-2-4(5-6)7(8)9/h2-3H,1H3/p+1. The number of nitrogens with zero attached hydrogens (tertiary/aromatic N) is 2. The zero-order valence-corrected chi connectivity index (χ0v) is 4.87. The Kier molecular flexibility index (Phi) is 1.18. The smallest absolute Gasteiger partial charge is 0.358 e. The molecule has 0 unspecified atom stereocenters. The summed E-state index contributed by atoms with van der Waals surface area (Å²) in [5, 5.41) is 12.5. The normalized spacial score (nSPS) is 9.44. The lowest BCUT2D eigenvalue weighted by molar-refractivity contribution is -0.729.